The van der Waals surface area contributed by atoms with Crippen LogP contribution in [0.25, 0.3) is 0 Å². The number of nitrogens with zero attached hydrogens (tertiary/aromatic N) is 2. The zero-order valence-corrected chi connectivity index (χ0v) is 10.4. The van der Waals surface area contributed by atoms with E-state index < -0.39 is 11.9 Å². The number of halogens is 3. The van der Waals surface area contributed by atoms with Crippen LogP contribution in [0.1, 0.15) is 11.3 Å². The molecule has 0 unspecified atom stereocenters. The maximum atomic E-state index is 12.7. The summed E-state index contributed by atoms with van der Waals surface area (Å²) >= 11 is 0. The third-order valence-electron chi connectivity index (χ3n) is 3.12. The van der Waals surface area contributed by atoms with Crippen LogP contribution in [0, 0.1) is 0 Å². The van der Waals surface area contributed by atoms with Crippen molar-refractivity contribution in [2.24, 2.45) is 0 Å². The van der Waals surface area contributed by atoms with Gasteiger partial charge in [0.25, 0.3) is 0 Å². The minimum absolute atomic E-state index is 0.267. The third kappa shape index (κ3) is 2.27. The molecule has 0 aliphatic carbocycles. The van der Waals surface area contributed by atoms with Gasteiger partial charge in [-0.25, -0.2) is 4.98 Å². The van der Waals surface area contributed by atoms with Gasteiger partial charge in [-0.1, -0.05) is 30.3 Å². The van der Waals surface area contributed by atoms with Crippen molar-refractivity contribution < 1.29 is 13.2 Å². The number of fused-ring (bicyclic) bond motifs is 1. The monoisotopic (exact) mass is 276 g/mol. The first-order chi connectivity index (χ1) is 9.55. The largest absolute Gasteiger partial charge is 0.433 e. The molecule has 1 aromatic carbocycles. The lowest BCUT2D eigenvalue weighted by Crippen LogP contribution is -2.17. The first-order valence-electron chi connectivity index (χ1n) is 6.14. The summed E-state index contributed by atoms with van der Waals surface area (Å²) in [6.07, 6.45) is -0.00421. The van der Waals surface area contributed by atoms with E-state index in [0.29, 0.717) is 0 Å². The highest BCUT2D eigenvalue weighted by atomic mass is 19.4. The van der Waals surface area contributed by atoms with E-state index in [0.717, 1.165) is 23.7 Å². The average Bonchev–Trinajstić information content (AvgIpc) is 2.46. The summed E-state index contributed by atoms with van der Waals surface area (Å²) in [7, 11) is 0. The van der Waals surface area contributed by atoms with Gasteiger partial charge < -0.3 is 4.90 Å². The second kappa shape index (κ2) is 4.67. The molecule has 2 aromatic rings. The zero-order chi connectivity index (χ0) is 14.2. The smallest absolute Gasteiger partial charge is 0.302 e. The zero-order valence-electron chi connectivity index (χ0n) is 10.4. The van der Waals surface area contributed by atoms with Gasteiger partial charge in [-0.05, 0) is 30.2 Å². The minimum Gasteiger partial charge on any atom is -0.302 e. The molecule has 3 rings (SSSR count). The normalized spacial score (nSPS) is 14.2. The molecule has 1 aromatic heterocycles. The predicted molar refractivity (Wildman–Crippen MR) is 70.7 cm³/mol. The first kappa shape index (κ1) is 12.7. The number of benzene rings is 1. The van der Waals surface area contributed by atoms with Crippen LogP contribution in [0.15, 0.2) is 54.7 Å². The topological polar surface area (TPSA) is 16.1 Å². The second-order valence-corrected chi connectivity index (χ2v) is 4.47. The Morgan fingerprint density at radius 1 is 1.00 bits per heavy atom. The third-order valence-corrected chi connectivity index (χ3v) is 3.12. The molecule has 5 heteroatoms. The van der Waals surface area contributed by atoms with E-state index in [2.05, 4.69) is 4.98 Å². The van der Waals surface area contributed by atoms with E-state index in [-0.39, 0.29) is 5.82 Å². The Kier molecular flexibility index (Phi) is 2.97. The Morgan fingerprint density at radius 2 is 1.80 bits per heavy atom. The Bertz CT molecular complexity index is 662. The van der Waals surface area contributed by atoms with Crippen molar-refractivity contribution >= 4 is 11.5 Å². The van der Waals surface area contributed by atoms with Gasteiger partial charge >= 0.3 is 6.18 Å². The van der Waals surface area contributed by atoms with Crippen molar-refractivity contribution in [3.8, 4) is 0 Å². The molecule has 1 aliphatic rings. The van der Waals surface area contributed by atoms with Crippen molar-refractivity contribution in [1.82, 2.24) is 4.98 Å². The SMILES string of the molecule is FC(F)(F)c1cccc(N2C=CCc3ccccc32)n1. The van der Waals surface area contributed by atoms with Gasteiger partial charge in [-0.2, -0.15) is 13.2 Å². The fraction of sp³-hybridized carbons (Fsp3) is 0.133. The molecule has 102 valence electrons. The number of para-hydroxylation sites is 1. The van der Waals surface area contributed by atoms with E-state index in [4.69, 9.17) is 0 Å². The van der Waals surface area contributed by atoms with Crippen LogP contribution in [-0.4, -0.2) is 4.98 Å². The fourth-order valence-electron chi connectivity index (χ4n) is 2.20. The molecule has 0 spiro atoms. The first-order valence-corrected chi connectivity index (χ1v) is 6.14. The summed E-state index contributed by atoms with van der Waals surface area (Å²) in [6.45, 7) is 0. The molecule has 0 bridgehead atoms. The van der Waals surface area contributed by atoms with Crippen LogP contribution in [-0.2, 0) is 12.6 Å². The Labute approximate surface area is 114 Å². The van der Waals surface area contributed by atoms with Crippen LogP contribution < -0.4 is 4.90 Å². The van der Waals surface area contributed by atoms with Crippen LogP contribution in [0.2, 0.25) is 0 Å². The maximum Gasteiger partial charge on any atom is 0.433 e. The molecule has 0 N–H and O–H groups in total. The summed E-state index contributed by atoms with van der Waals surface area (Å²) in [5.74, 6) is 0.267. The number of pyridine rings is 1. The van der Waals surface area contributed by atoms with Crippen molar-refractivity contribution in [3.63, 3.8) is 0 Å². The molecular weight excluding hydrogens is 265 g/mol. The number of rotatable bonds is 1. The van der Waals surface area contributed by atoms with Crippen LogP contribution >= 0.6 is 0 Å². The van der Waals surface area contributed by atoms with Crippen molar-refractivity contribution in [2.75, 3.05) is 4.90 Å². The van der Waals surface area contributed by atoms with Gasteiger partial charge in [0, 0.05) is 6.20 Å². The summed E-state index contributed by atoms with van der Waals surface area (Å²) in [6, 6.07) is 11.5. The summed E-state index contributed by atoms with van der Waals surface area (Å²) in [5, 5.41) is 0. The molecular formula is C15H11F3N2. The molecule has 0 radical (unpaired) electrons. The number of hydrogen-bond acceptors (Lipinski definition) is 2. The van der Waals surface area contributed by atoms with Crippen molar-refractivity contribution in [1.29, 1.82) is 0 Å². The molecule has 2 heterocycles. The number of hydrogen-bond donors (Lipinski definition) is 0. The van der Waals surface area contributed by atoms with Gasteiger partial charge in [0.05, 0.1) is 5.69 Å². The van der Waals surface area contributed by atoms with Gasteiger partial charge in [0.2, 0.25) is 0 Å². The van der Waals surface area contributed by atoms with Gasteiger partial charge in [-0.15, -0.1) is 0 Å². The van der Waals surface area contributed by atoms with E-state index in [1.807, 2.05) is 30.3 Å². The summed E-state index contributed by atoms with van der Waals surface area (Å²) in [5.41, 5.74) is 1.04. The lowest BCUT2D eigenvalue weighted by Gasteiger charge is -2.26. The lowest BCUT2D eigenvalue weighted by molar-refractivity contribution is -0.141. The summed E-state index contributed by atoms with van der Waals surface area (Å²) < 4.78 is 38.2. The minimum atomic E-state index is -4.44. The second-order valence-electron chi connectivity index (χ2n) is 4.47. The molecule has 20 heavy (non-hydrogen) atoms. The maximum absolute atomic E-state index is 12.7. The van der Waals surface area contributed by atoms with Gasteiger partial charge in [0.15, 0.2) is 0 Å². The van der Waals surface area contributed by atoms with Crippen molar-refractivity contribution in [2.45, 2.75) is 12.6 Å². The predicted octanol–water partition coefficient (Wildman–Crippen LogP) is 4.31. The van der Waals surface area contributed by atoms with E-state index in [1.165, 1.54) is 6.07 Å². The quantitative estimate of drug-likeness (QED) is 0.771. The van der Waals surface area contributed by atoms with Gasteiger partial charge in [-0.3, -0.25) is 0 Å². The molecule has 0 saturated heterocycles. The molecule has 0 atom stereocenters. The highest BCUT2D eigenvalue weighted by Gasteiger charge is 2.33. The number of aromatic nitrogens is 1. The van der Waals surface area contributed by atoms with Crippen molar-refractivity contribution in [3.05, 3.63) is 66.0 Å². The highest BCUT2D eigenvalue weighted by molar-refractivity contribution is 5.68. The van der Waals surface area contributed by atoms with E-state index >= 15 is 0 Å². The molecule has 2 nitrogen and oxygen atoms in total. The molecule has 0 amide bonds. The Morgan fingerprint density at radius 3 is 2.60 bits per heavy atom. The van der Waals surface area contributed by atoms with E-state index in [1.54, 1.807) is 17.2 Å². The van der Waals surface area contributed by atoms with Crippen LogP contribution in [0.4, 0.5) is 24.7 Å². The number of anilines is 2. The Balaban J connectivity index is 2.06. The highest BCUT2D eigenvalue weighted by Crippen LogP contribution is 2.34. The lowest BCUT2D eigenvalue weighted by atomic mass is 10.1. The Hall–Kier alpha value is -2.30. The van der Waals surface area contributed by atoms with E-state index in [9.17, 15) is 13.2 Å². The molecule has 0 fully saturated rings. The number of allylic oxidation sites excluding steroid dienone is 1. The van der Waals surface area contributed by atoms with Crippen LogP contribution in [0.5, 0.6) is 0 Å². The average molecular weight is 276 g/mol. The fourth-order valence-corrected chi connectivity index (χ4v) is 2.20. The summed E-state index contributed by atoms with van der Waals surface area (Å²) in [4.78, 5) is 5.39. The molecule has 1 aliphatic heterocycles. The molecule has 0 saturated carbocycles. The number of alkyl halides is 3. The van der Waals surface area contributed by atoms with Gasteiger partial charge in [0.1, 0.15) is 11.5 Å². The van der Waals surface area contributed by atoms with Crippen LogP contribution in [0.3, 0.4) is 0 Å². The standard InChI is InChI=1S/C15H11F3N2/c16-15(17,18)13-8-3-9-14(19-13)20-10-4-6-11-5-1-2-7-12(11)20/h1-5,7-10H,6H2.